The molecule has 0 radical (unpaired) electrons. The predicted octanol–water partition coefficient (Wildman–Crippen LogP) is 0.747. The van der Waals surface area contributed by atoms with Gasteiger partial charge in [-0.1, -0.05) is 30.3 Å². The Labute approximate surface area is 118 Å². The topological polar surface area (TPSA) is 49.8 Å². The summed E-state index contributed by atoms with van der Waals surface area (Å²) < 4.78 is 5.34. The van der Waals surface area contributed by atoms with Crippen molar-refractivity contribution in [3.63, 3.8) is 0 Å². The maximum absolute atomic E-state index is 12.3. The molecular weight excluding hydrogens is 262 g/mol. The summed E-state index contributed by atoms with van der Waals surface area (Å²) in [4.78, 5) is 14.0. The van der Waals surface area contributed by atoms with Crippen molar-refractivity contribution in [3.05, 3.63) is 35.9 Å². The van der Waals surface area contributed by atoms with Crippen molar-refractivity contribution in [1.29, 1.82) is 0 Å². The van der Waals surface area contributed by atoms with Crippen LogP contribution >= 0.6 is 12.6 Å². The fourth-order valence-electron chi connectivity index (χ4n) is 2.17. The zero-order valence-electron chi connectivity index (χ0n) is 10.7. The maximum atomic E-state index is 12.3. The fraction of sp³-hybridized carbons (Fsp3) is 0.500. The van der Waals surface area contributed by atoms with Crippen LogP contribution < -0.4 is 0 Å². The van der Waals surface area contributed by atoms with Gasteiger partial charge in [0.1, 0.15) is 0 Å². The molecule has 1 saturated heterocycles. The number of morpholine rings is 1. The van der Waals surface area contributed by atoms with E-state index in [1.807, 2.05) is 30.3 Å². The number of amides is 1. The molecule has 104 valence electrons. The van der Waals surface area contributed by atoms with E-state index in [1.165, 1.54) is 0 Å². The molecule has 0 aliphatic carbocycles. The van der Waals surface area contributed by atoms with Gasteiger partial charge < -0.3 is 14.7 Å². The average molecular weight is 281 g/mol. The Morgan fingerprint density at radius 1 is 1.47 bits per heavy atom. The lowest BCUT2D eigenvalue weighted by atomic mass is 10.1. The van der Waals surface area contributed by atoms with Crippen molar-refractivity contribution in [1.82, 2.24) is 4.90 Å². The predicted molar refractivity (Wildman–Crippen MR) is 76.3 cm³/mol. The number of thiol groups is 1. The molecule has 19 heavy (non-hydrogen) atoms. The van der Waals surface area contributed by atoms with Crippen molar-refractivity contribution in [2.75, 3.05) is 26.3 Å². The van der Waals surface area contributed by atoms with Gasteiger partial charge in [0.2, 0.25) is 5.91 Å². The van der Waals surface area contributed by atoms with Gasteiger partial charge in [-0.2, -0.15) is 12.6 Å². The third-order valence-electron chi connectivity index (χ3n) is 3.21. The minimum atomic E-state index is -0.347. The number of ether oxygens (including phenoxy) is 1. The highest BCUT2D eigenvalue weighted by molar-refractivity contribution is 7.81. The Bertz CT molecular complexity index is 412. The molecule has 1 aliphatic rings. The largest absolute Gasteiger partial charge is 0.394 e. The van der Waals surface area contributed by atoms with Gasteiger partial charge >= 0.3 is 0 Å². The zero-order chi connectivity index (χ0) is 13.7. The van der Waals surface area contributed by atoms with E-state index in [-0.39, 0.29) is 23.9 Å². The smallest absolute Gasteiger partial charge is 0.235 e. The quantitative estimate of drug-likeness (QED) is 0.801. The number of nitrogens with zero attached hydrogens (tertiary/aromatic N) is 1. The van der Waals surface area contributed by atoms with Crippen molar-refractivity contribution < 1.29 is 14.6 Å². The summed E-state index contributed by atoms with van der Waals surface area (Å²) in [6.07, 6.45) is 0.346. The van der Waals surface area contributed by atoms with Gasteiger partial charge in [-0.15, -0.1) is 0 Å². The molecule has 0 spiro atoms. The summed E-state index contributed by atoms with van der Waals surface area (Å²) in [6, 6.07) is 9.85. The molecule has 5 heteroatoms. The van der Waals surface area contributed by atoms with Gasteiger partial charge in [0, 0.05) is 13.1 Å². The Kier molecular flexibility index (Phi) is 5.24. The molecule has 0 saturated carbocycles. The highest BCUT2D eigenvalue weighted by Gasteiger charge is 2.27. The van der Waals surface area contributed by atoms with Gasteiger partial charge in [0.05, 0.1) is 24.6 Å². The number of carbonyl (C=O) groups excluding carboxylic acids is 1. The van der Waals surface area contributed by atoms with Gasteiger partial charge in [-0.25, -0.2) is 0 Å². The molecular formula is C14H19NO3S. The Hall–Kier alpha value is -1.04. The fourth-order valence-corrected chi connectivity index (χ4v) is 2.54. The van der Waals surface area contributed by atoms with E-state index in [4.69, 9.17) is 9.84 Å². The van der Waals surface area contributed by atoms with Crippen LogP contribution in [-0.2, 0) is 16.0 Å². The van der Waals surface area contributed by atoms with Crippen LogP contribution in [0.15, 0.2) is 30.3 Å². The van der Waals surface area contributed by atoms with E-state index in [0.29, 0.717) is 26.1 Å². The molecule has 1 heterocycles. The van der Waals surface area contributed by atoms with Crippen molar-refractivity contribution >= 4 is 18.5 Å². The summed E-state index contributed by atoms with van der Waals surface area (Å²) in [5.41, 5.74) is 1.10. The monoisotopic (exact) mass is 281 g/mol. The number of rotatable bonds is 4. The molecule has 2 atom stereocenters. The summed E-state index contributed by atoms with van der Waals surface area (Å²) >= 11 is 4.41. The van der Waals surface area contributed by atoms with Gasteiger partial charge in [-0.3, -0.25) is 4.79 Å². The summed E-state index contributed by atoms with van der Waals surface area (Å²) in [5.74, 6) is 0.00827. The van der Waals surface area contributed by atoms with Crippen molar-refractivity contribution in [2.24, 2.45) is 0 Å². The summed E-state index contributed by atoms with van der Waals surface area (Å²) in [7, 11) is 0. The van der Waals surface area contributed by atoms with Crippen LogP contribution in [0.1, 0.15) is 5.56 Å². The molecule has 1 aromatic rings. The molecule has 1 amide bonds. The average Bonchev–Trinajstić information content (AvgIpc) is 2.47. The molecule has 4 nitrogen and oxygen atoms in total. The van der Waals surface area contributed by atoms with E-state index in [9.17, 15) is 4.79 Å². The third kappa shape index (κ3) is 3.96. The lowest BCUT2D eigenvalue weighted by Crippen LogP contribution is -2.49. The maximum Gasteiger partial charge on any atom is 0.235 e. The first-order valence-electron chi connectivity index (χ1n) is 6.44. The van der Waals surface area contributed by atoms with E-state index in [2.05, 4.69) is 12.6 Å². The van der Waals surface area contributed by atoms with Crippen LogP contribution in [0.4, 0.5) is 0 Å². The van der Waals surface area contributed by atoms with Crippen LogP contribution in [-0.4, -0.2) is 53.6 Å². The number of benzene rings is 1. The standard InChI is InChI=1S/C14H19NO3S/c16-10-12-9-15(6-7-18-12)14(17)13(19)8-11-4-2-1-3-5-11/h1-5,12-13,16,19H,6-10H2. The van der Waals surface area contributed by atoms with E-state index in [1.54, 1.807) is 4.90 Å². The van der Waals surface area contributed by atoms with Crippen LogP contribution in [0.2, 0.25) is 0 Å². The number of aliphatic hydroxyl groups is 1. The van der Waals surface area contributed by atoms with Crippen LogP contribution in [0, 0.1) is 0 Å². The van der Waals surface area contributed by atoms with E-state index < -0.39 is 0 Å². The highest BCUT2D eigenvalue weighted by atomic mass is 32.1. The second-order valence-electron chi connectivity index (χ2n) is 4.67. The normalized spacial score (nSPS) is 21.2. The third-order valence-corrected chi connectivity index (χ3v) is 3.61. The second kappa shape index (κ2) is 6.93. The van der Waals surface area contributed by atoms with Gasteiger partial charge in [-0.05, 0) is 12.0 Å². The van der Waals surface area contributed by atoms with Crippen molar-refractivity contribution in [2.45, 2.75) is 17.8 Å². The van der Waals surface area contributed by atoms with Gasteiger partial charge in [0.15, 0.2) is 0 Å². The zero-order valence-corrected chi connectivity index (χ0v) is 11.6. The first kappa shape index (κ1) is 14.4. The minimum absolute atomic E-state index is 0.00827. The lowest BCUT2D eigenvalue weighted by Gasteiger charge is -2.33. The first-order chi connectivity index (χ1) is 9.20. The molecule has 0 aromatic heterocycles. The van der Waals surface area contributed by atoms with Crippen LogP contribution in [0.25, 0.3) is 0 Å². The van der Waals surface area contributed by atoms with E-state index >= 15 is 0 Å². The highest BCUT2D eigenvalue weighted by Crippen LogP contribution is 2.13. The summed E-state index contributed by atoms with van der Waals surface area (Å²) in [6.45, 7) is 1.44. The molecule has 1 fully saturated rings. The summed E-state index contributed by atoms with van der Waals surface area (Å²) in [5, 5.41) is 8.73. The number of aliphatic hydroxyl groups excluding tert-OH is 1. The molecule has 2 rings (SSSR count). The van der Waals surface area contributed by atoms with E-state index in [0.717, 1.165) is 5.56 Å². The lowest BCUT2D eigenvalue weighted by molar-refractivity contribution is -0.139. The minimum Gasteiger partial charge on any atom is -0.394 e. The molecule has 0 bridgehead atoms. The molecule has 1 N–H and O–H groups in total. The van der Waals surface area contributed by atoms with Crippen LogP contribution in [0.5, 0.6) is 0 Å². The second-order valence-corrected chi connectivity index (χ2v) is 5.29. The molecule has 1 aliphatic heterocycles. The SMILES string of the molecule is O=C(C(S)Cc1ccccc1)N1CCOC(CO)C1. The van der Waals surface area contributed by atoms with Crippen LogP contribution in [0.3, 0.4) is 0 Å². The molecule has 1 aromatic carbocycles. The van der Waals surface area contributed by atoms with Gasteiger partial charge in [0.25, 0.3) is 0 Å². The number of carbonyl (C=O) groups is 1. The number of hydrogen-bond acceptors (Lipinski definition) is 4. The Balaban J connectivity index is 1.91. The first-order valence-corrected chi connectivity index (χ1v) is 6.95. The Morgan fingerprint density at radius 2 is 2.21 bits per heavy atom. The molecule has 2 unspecified atom stereocenters. The Morgan fingerprint density at radius 3 is 2.89 bits per heavy atom. The van der Waals surface area contributed by atoms with Crippen molar-refractivity contribution in [3.8, 4) is 0 Å². The number of hydrogen-bond donors (Lipinski definition) is 2.